The quantitative estimate of drug-likeness (QED) is 0.637. The Morgan fingerprint density at radius 3 is 2.31 bits per heavy atom. The summed E-state index contributed by atoms with van der Waals surface area (Å²) >= 11 is 0. The zero-order valence-corrected chi connectivity index (χ0v) is 11.3. The van der Waals surface area contributed by atoms with E-state index in [1.807, 2.05) is 6.92 Å². The van der Waals surface area contributed by atoms with Crippen molar-refractivity contribution in [2.75, 3.05) is 33.8 Å². The van der Waals surface area contributed by atoms with Crippen molar-refractivity contribution in [3.8, 4) is 0 Å². The molecule has 0 amide bonds. The third kappa shape index (κ3) is 4.49. The smallest absolute Gasteiger partial charge is 0.325 e. The fraction of sp³-hybridized carbons (Fsp3) is 0.917. The van der Waals surface area contributed by atoms with E-state index in [0.29, 0.717) is 0 Å². The van der Waals surface area contributed by atoms with Crippen LogP contribution < -0.4 is 5.32 Å². The van der Waals surface area contributed by atoms with Gasteiger partial charge in [0.2, 0.25) is 0 Å². The molecule has 1 atom stereocenters. The Hall–Kier alpha value is -0.610. The van der Waals surface area contributed by atoms with Crippen molar-refractivity contribution in [3.05, 3.63) is 0 Å². The van der Waals surface area contributed by atoms with E-state index in [2.05, 4.69) is 24.1 Å². The molecule has 16 heavy (non-hydrogen) atoms. The third-order valence-electron chi connectivity index (χ3n) is 3.23. The molecule has 0 aliphatic carbocycles. The van der Waals surface area contributed by atoms with Crippen molar-refractivity contribution >= 4 is 5.97 Å². The monoisotopic (exact) mass is 230 g/mol. The molecule has 0 aromatic heterocycles. The fourth-order valence-electron chi connectivity index (χ4n) is 1.75. The molecule has 1 unspecified atom stereocenters. The predicted octanol–water partition coefficient (Wildman–Crippen LogP) is 1.26. The topological polar surface area (TPSA) is 41.6 Å². The number of carbonyl (C=O) groups is 1. The molecular weight excluding hydrogens is 204 g/mol. The Morgan fingerprint density at radius 2 is 1.94 bits per heavy atom. The van der Waals surface area contributed by atoms with Gasteiger partial charge in [0.1, 0.15) is 5.54 Å². The molecule has 1 N–H and O–H groups in total. The van der Waals surface area contributed by atoms with Crippen LogP contribution in [0.4, 0.5) is 0 Å². The molecule has 0 aromatic carbocycles. The van der Waals surface area contributed by atoms with Gasteiger partial charge in [-0.1, -0.05) is 13.8 Å². The van der Waals surface area contributed by atoms with Gasteiger partial charge in [-0.3, -0.25) is 4.79 Å². The maximum Gasteiger partial charge on any atom is 0.325 e. The van der Waals surface area contributed by atoms with Gasteiger partial charge >= 0.3 is 5.97 Å². The normalized spacial score (nSPS) is 14.9. The van der Waals surface area contributed by atoms with E-state index in [0.717, 1.165) is 32.5 Å². The first-order valence-corrected chi connectivity index (χ1v) is 6.03. The van der Waals surface area contributed by atoms with Gasteiger partial charge < -0.3 is 15.0 Å². The van der Waals surface area contributed by atoms with Crippen LogP contribution in [0.3, 0.4) is 0 Å². The van der Waals surface area contributed by atoms with Crippen molar-refractivity contribution in [3.63, 3.8) is 0 Å². The lowest BCUT2D eigenvalue weighted by Crippen LogP contribution is -2.48. The average Bonchev–Trinajstić information content (AvgIpc) is 2.33. The Morgan fingerprint density at radius 1 is 1.38 bits per heavy atom. The van der Waals surface area contributed by atoms with Gasteiger partial charge in [-0.2, -0.15) is 0 Å². The van der Waals surface area contributed by atoms with Crippen molar-refractivity contribution in [2.24, 2.45) is 0 Å². The van der Waals surface area contributed by atoms with Crippen LogP contribution in [0.2, 0.25) is 0 Å². The summed E-state index contributed by atoms with van der Waals surface area (Å²) in [6.45, 7) is 9.35. The lowest BCUT2D eigenvalue weighted by Gasteiger charge is -2.27. The molecule has 0 fully saturated rings. The van der Waals surface area contributed by atoms with Crippen LogP contribution in [0.25, 0.3) is 0 Å². The van der Waals surface area contributed by atoms with Gasteiger partial charge in [0, 0.05) is 0 Å². The first kappa shape index (κ1) is 15.4. The molecule has 0 rings (SSSR count). The van der Waals surface area contributed by atoms with E-state index < -0.39 is 5.54 Å². The SMILES string of the molecule is CCN(CC)CCCC(C)(NC)C(=O)OC. The van der Waals surface area contributed by atoms with Crippen LogP contribution in [0.5, 0.6) is 0 Å². The molecule has 0 spiro atoms. The fourth-order valence-corrected chi connectivity index (χ4v) is 1.75. The molecule has 4 nitrogen and oxygen atoms in total. The minimum absolute atomic E-state index is 0.186. The number of ether oxygens (including phenoxy) is 1. The number of methoxy groups -OCH3 is 1. The van der Waals surface area contributed by atoms with E-state index in [1.165, 1.54) is 7.11 Å². The maximum atomic E-state index is 11.6. The summed E-state index contributed by atoms with van der Waals surface area (Å²) in [5.41, 5.74) is -0.554. The molecule has 0 bridgehead atoms. The zero-order valence-electron chi connectivity index (χ0n) is 11.3. The number of rotatable bonds is 8. The van der Waals surface area contributed by atoms with Crippen LogP contribution in [0, 0.1) is 0 Å². The number of hydrogen-bond acceptors (Lipinski definition) is 4. The summed E-state index contributed by atoms with van der Waals surface area (Å²) in [6.07, 6.45) is 1.79. The molecule has 0 aliphatic heterocycles. The first-order valence-electron chi connectivity index (χ1n) is 6.03. The van der Waals surface area contributed by atoms with Crippen LogP contribution in [-0.4, -0.2) is 50.2 Å². The van der Waals surface area contributed by atoms with E-state index in [1.54, 1.807) is 7.05 Å². The molecule has 0 radical (unpaired) electrons. The second-order valence-corrected chi connectivity index (χ2v) is 4.20. The second-order valence-electron chi connectivity index (χ2n) is 4.20. The van der Waals surface area contributed by atoms with E-state index >= 15 is 0 Å². The number of carbonyl (C=O) groups excluding carboxylic acids is 1. The van der Waals surface area contributed by atoms with Crippen molar-refractivity contribution < 1.29 is 9.53 Å². The van der Waals surface area contributed by atoms with Crippen LogP contribution >= 0.6 is 0 Å². The van der Waals surface area contributed by atoms with Gasteiger partial charge in [0.05, 0.1) is 7.11 Å². The Kier molecular flexibility index (Phi) is 7.34. The molecule has 0 saturated carbocycles. The summed E-state index contributed by atoms with van der Waals surface area (Å²) in [5.74, 6) is -0.186. The van der Waals surface area contributed by atoms with Crippen LogP contribution in [-0.2, 0) is 9.53 Å². The summed E-state index contributed by atoms with van der Waals surface area (Å²) in [6, 6.07) is 0. The predicted molar refractivity (Wildman–Crippen MR) is 66.5 cm³/mol. The lowest BCUT2D eigenvalue weighted by atomic mass is 9.96. The highest BCUT2D eigenvalue weighted by Gasteiger charge is 2.31. The molecule has 96 valence electrons. The van der Waals surface area contributed by atoms with Gasteiger partial charge in [-0.05, 0) is 46.4 Å². The van der Waals surface area contributed by atoms with E-state index in [4.69, 9.17) is 4.74 Å². The largest absolute Gasteiger partial charge is 0.468 e. The molecule has 0 saturated heterocycles. The summed E-state index contributed by atoms with van der Waals surface area (Å²) in [7, 11) is 3.23. The molecule has 0 aromatic rings. The zero-order chi connectivity index (χ0) is 12.6. The standard InChI is InChI=1S/C12H26N2O2/c1-6-14(7-2)10-8-9-12(3,13-4)11(15)16-5/h13H,6-10H2,1-5H3. The summed E-state index contributed by atoms with van der Waals surface area (Å²) in [5, 5.41) is 3.05. The lowest BCUT2D eigenvalue weighted by molar-refractivity contribution is -0.148. The average molecular weight is 230 g/mol. The maximum absolute atomic E-state index is 11.6. The number of nitrogens with one attached hydrogen (secondary N) is 1. The van der Waals surface area contributed by atoms with E-state index in [9.17, 15) is 4.79 Å². The summed E-state index contributed by atoms with van der Waals surface area (Å²) < 4.78 is 4.80. The Balaban J connectivity index is 4.09. The van der Waals surface area contributed by atoms with E-state index in [-0.39, 0.29) is 5.97 Å². The van der Waals surface area contributed by atoms with Crippen LogP contribution in [0.1, 0.15) is 33.6 Å². The first-order chi connectivity index (χ1) is 7.53. The minimum Gasteiger partial charge on any atom is -0.468 e. The second kappa shape index (κ2) is 7.63. The highest BCUT2D eigenvalue weighted by atomic mass is 16.5. The van der Waals surface area contributed by atoms with Crippen LogP contribution in [0.15, 0.2) is 0 Å². The van der Waals surface area contributed by atoms with Gasteiger partial charge in [-0.25, -0.2) is 0 Å². The Labute approximate surface area is 99.3 Å². The highest BCUT2D eigenvalue weighted by molar-refractivity contribution is 5.80. The minimum atomic E-state index is -0.554. The number of likely N-dealkylation sites (N-methyl/N-ethyl adjacent to an activating group) is 1. The molecular formula is C12H26N2O2. The highest BCUT2D eigenvalue weighted by Crippen LogP contribution is 2.14. The van der Waals surface area contributed by atoms with Gasteiger partial charge in [-0.15, -0.1) is 0 Å². The number of hydrogen-bond donors (Lipinski definition) is 1. The number of nitrogens with zero attached hydrogens (tertiary/aromatic N) is 1. The number of esters is 1. The third-order valence-corrected chi connectivity index (χ3v) is 3.23. The molecule has 0 aliphatic rings. The molecule has 4 heteroatoms. The Bertz CT molecular complexity index is 205. The van der Waals surface area contributed by atoms with Crippen molar-refractivity contribution in [1.82, 2.24) is 10.2 Å². The van der Waals surface area contributed by atoms with Crippen molar-refractivity contribution in [2.45, 2.75) is 39.2 Å². The van der Waals surface area contributed by atoms with Gasteiger partial charge in [0.15, 0.2) is 0 Å². The van der Waals surface area contributed by atoms with Crippen molar-refractivity contribution in [1.29, 1.82) is 0 Å². The molecule has 0 heterocycles. The van der Waals surface area contributed by atoms with Gasteiger partial charge in [0.25, 0.3) is 0 Å². The summed E-state index contributed by atoms with van der Waals surface area (Å²) in [4.78, 5) is 13.9.